The largest absolute Gasteiger partial charge is 0.313 e. The number of rotatable bonds is 4. The van der Waals surface area contributed by atoms with Gasteiger partial charge in [-0.3, -0.25) is 0 Å². The average Bonchev–Trinajstić information content (AvgIpc) is 2.37. The van der Waals surface area contributed by atoms with Crippen LogP contribution in [0.3, 0.4) is 0 Å². The normalized spacial score (nSPS) is 10.6. The summed E-state index contributed by atoms with van der Waals surface area (Å²) in [4.78, 5) is 0. The first kappa shape index (κ1) is 12.8. The topological polar surface area (TPSA) is 12.0 Å². The van der Waals surface area contributed by atoms with Crippen molar-refractivity contribution in [3.05, 3.63) is 59.4 Å². The second kappa shape index (κ2) is 5.78. The summed E-state index contributed by atoms with van der Waals surface area (Å²) in [6.45, 7) is 5.70. The molecule has 0 fully saturated rings. The highest BCUT2D eigenvalue weighted by Gasteiger charge is 2.08. The Labute approximate surface area is 108 Å². The zero-order valence-electron chi connectivity index (χ0n) is 10.8. The molecule has 0 spiro atoms. The summed E-state index contributed by atoms with van der Waals surface area (Å²) < 4.78 is 13.4. The molecule has 0 aliphatic rings. The van der Waals surface area contributed by atoms with Crippen LogP contribution in [0.4, 0.5) is 4.39 Å². The van der Waals surface area contributed by atoms with E-state index in [1.807, 2.05) is 25.1 Å². The van der Waals surface area contributed by atoms with Crippen LogP contribution in [0.15, 0.2) is 42.5 Å². The average molecular weight is 243 g/mol. The molecule has 0 saturated carbocycles. The number of nitrogens with one attached hydrogen (secondary N) is 1. The van der Waals surface area contributed by atoms with E-state index in [-0.39, 0.29) is 5.82 Å². The lowest BCUT2D eigenvalue weighted by Gasteiger charge is -2.12. The van der Waals surface area contributed by atoms with Crippen molar-refractivity contribution in [2.45, 2.75) is 20.4 Å². The highest BCUT2D eigenvalue weighted by atomic mass is 19.1. The van der Waals surface area contributed by atoms with Gasteiger partial charge < -0.3 is 5.32 Å². The van der Waals surface area contributed by atoms with E-state index in [1.54, 1.807) is 6.07 Å². The van der Waals surface area contributed by atoms with E-state index in [0.717, 1.165) is 17.7 Å². The molecule has 0 radical (unpaired) electrons. The second-order valence-electron chi connectivity index (χ2n) is 4.40. The fourth-order valence-corrected chi connectivity index (χ4v) is 2.11. The third-order valence-electron chi connectivity index (χ3n) is 3.07. The quantitative estimate of drug-likeness (QED) is 0.858. The van der Waals surface area contributed by atoms with Crippen LogP contribution >= 0.6 is 0 Å². The molecule has 0 aromatic heterocycles. The first-order valence-electron chi connectivity index (χ1n) is 6.27. The molecule has 0 heterocycles. The lowest BCUT2D eigenvalue weighted by atomic mass is 9.96. The Balaban J connectivity index is 2.46. The summed E-state index contributed by atoms with van der Waals surface area (Å²) in [6, 6.07) is 13.2. The number of halogens is 1. The minimum Gasteiger partial charge on any atom is -0.313 e. The molecular weight excluding hydrogens is 225 g/mol. The van der Waals surface area contributed by atoms with E-state index in [2.05, 4.69) is 24.4 Å². The lowest BCUT2D eigenvalue weighted by molar-refractivity contribution is 0.622. The lowest BCUT2D eigenvalue weighted by Crippen LogP contribution is -2.12. The highest BCUT2D eigenvalue weighted by Crippen LogP contribution is 2.27. The smallest absolute Gasteiger partial charge is 0.123 e. The molecule has 0 saturated heterocycles. The minimum absolute atomic E-state index is 0.180. The summed E-state index contributed by atoms with van der Waals surface area (Å²) in [5.74, 6) is -0.180. The molecule has 18 heavy (non-hydrogen) atoms. The Hall–Kier alpha value is -1.67. The zero-order chi connectivity index (χ0) is 13.0. The Morgan fingerprint density at radius 1 is 1.06 bits per heavy atom. The van der Waals surface area contributed by atoms with Crippen molar-refractivity contribution < 1.29 is 4.39 Å². The van der Waals surface area contributed by atoms with E-state index >= 15 is 0 Å². The molecule has 2 aromatic rings. The van der Waals surface area contributed by atoms with Gasteiger partial charge in [0.25, 0.3) is 0 Å². The maximum Gasteiger partial charge on any atom is 0.123 e. The van der Waals surface area contributed by atoms with E-state index in [1.165, 1.54) is 17.2 Å². The SMILES string of the molecule is CCNCc1cc(F)ccc1-c1ccccc1C. The van der Waals surface area contributed by atoms with E-state index in [4.69, 9.17) is 0 Å². The molecule has 0 aliphatic heterocycles. The van der Waals surface area contributed by atoms with Crippen LogP contribution in [0.5, 0.6) is 0 Å². The summed E-state index contributed by atoms with van der Waals surface area (Å²) >= 11 is 0. The second-order valence-corrected chi connectivity index (χ2v) is 4.40. The monoisotopic (exact) mass is 243 g/mol. The molecule has 94 valence electrons. The molecular formula is C16H18FN. The van der Waals surface area contributed by atoms with Crippen LogP contribution in [0.2, 0.25) is 0 Å². The Bertz CT molecular complexity index is 534. The number of hydrogen-bond acceptors (Lipinski definition) is 1. The van der Waals surface area contributed by atoms with Crippen molar-refractivity contribution in [2.24, 2.45) is 0 Å². The predicted molar refractivity (Wildman–Crippen MR) is 74.0 cm³/mol. The van der Waals surface area contributed by atoms with Crippen LogP contribution < -0.4 is 5.32 Å². The van der Waals surface area contributed by atoms with Gasteiger partial charge in [0.1, 0.15) is 5.82 Å². The fourth-order valence-electron chi connectivity index (χ4n) is 2.11. The van der Waals surface area contributed by atoms with Gasteiger partial charge in [-0.25, -0.2) is 4.39 Å². The van der Waals surface area contributed by atoms with Crippen LogP contribution in [0.25, 0.3) is 11.1 Å². The maximum absolute atomic E-state index is 13.4. The van der Waals surface area contributed by atoms with Crippen LogP contribution in [-0.2, 0) is 6.54 Å². The van der Waals surface area contributed by atoms with Gasteiger partial charge in [0.2, 0.25) is 0 Å². The molecule has 0 amide bonds. The molecule has 1 N–H and O–H groups in total. The van der Waals surface area contributed by atoms with E-state index in [0.29, 0.717) is 6.54 Å². The molecule has 0 unspecified atom stereocenters. The summed E-state index contributed by atoms with van der Waals surface area (Å²) in [6.07, 6.45) is 0. The molecule has 0 aliphatic carbocycles. The molecule has 1 nitrogen and oxygen atoms in total. The van der Waals surface area contributed by atoms with Crippen LogP contribution in [0, 0.1) is 12.7 Å². The van der Waals surface area contributed by atoms with Gasteiger partial charge in [0.05, 0.1) is 0 Å². The van der Waals surface area contributed by atoms with Gasteiger partial charge >= 0.3 is 0 Å². The van der Waals surface area contributed by atoms with Gasteiger partial charge in [-0.15, -0.1) is 0 Å². The standard InChI is InChI=1S/C16H18FN/c1-3-18-11-13-10-14(17)8-9-16(13)15-7-5-4-6-12(15)2/h4-10,18H,3,11H2,1-2H3. The minimum atomic E-state index is -0.180. The molecule has 2 rings (SSSR count). The van der Waals surface area contributed by atoms with Crippen molar-refractivity contribution in [3.63, 3.8) is 0 Å². The van der Waals surface area contributed by atoms with Gasteiger partial charge in [-0.2, -0.15) is 0 Å². The van der Waals surface area contributed by atoms with E-state index in [9.17, 15) is 4.39 Å². The summed E-state index contributed by atoms with van der Waals surface area (Å²) in [7, 11) is 0. The van der Waals surface area contributed by atoms with Gasteiger partial charge in [-0.05, 0) is 47.9 Å². The first-order chi connectivity index (χ1) is 8.72. The highest BCUT2D eigenvalue weighted by molar-refractivity contribution is 5.70. The van der Waals surface area contributed by atoms with Crippen LogP contribution in [-0.4, -0.2) is 6.54 Å². The molecule has 2 heteroatoms. The van der Waals surface area contributed by atoms with Gasteiger partial charge in [-0.1, -0.05) is 37.3 Å². The third-order valence-corrected chi connectivity index (χ3v) is 3.07. The number of benzene rings is 2. The first-order valence-corrected chi connectivity index (χ1v) is 6.27. The van der Waals surface area contributed by atoms with Gasteiger partial charge in [0, 0.05) is 6.54 Å². The Kier molecular flexibility index (Phi) is 4.11. The van der Waals surface area contributed by atoms with Crippen molar-refractivity contribution in [1.82, 2.24) is 5.32 Å². The number of aryl methyl sites for hydroxylation is 1. The van der Waals surface area contributed by atoms with Crippen molar-refractivity contribution >= 4 is 0 Å². The van der Waals surface area contributed by atoms with Gasteiger partial charge in [0.15, 0.2) is 0 Å². The van der Waals surface area contributed by atoms with Crippen molar-refractivity contribution in [2.75, 3.05) is 6.54 Å². The fraction of sp³-hybridized carbons (Fsp3) is 0.250. The van der Waals surface area contributed by atoms with Crippen LogP contribution in [0.1, 0.15) is 18.1 Å². The molecule has 0 atom stereocenters. The Morgan fingerprint density at radius 3 is 2.56 bits per heavy atom. The summed E-state index contributed by atoms with van der Waals surface area (Å²) in [5, 5.41) is 3.25. The number of hydrogen-bond donors (Lipinski definition) is 1. The Morgan fingerprint density at radius 2 is 1.83 bits per heavy atom. The maximum atomic E-state index is 13.4. The van der Waals surface area contributed by atoms with E-state index < -0.39 is 0 Å². The third kappa shape index (κ3) is 2.77. The molecule has 0 bridgehead atoms. The van der Waals surface area contributed by atoms with Crippen molar-refractivity contribution in [3.8, 4) is 11.1 Å². The summed E-state index contributed by atoms with van der Waals surface area (Å²) in [5.41, 5.74) is 4.49. The predicted octanol–water partition coefficient (Wildman–Crippen LogP) is 3.91. The van der Waals surface area contributed by atoms with Crippen molar-refractivity contribution in [1.29, 1.82) is 0 Å². The molecule has 2 aromatic carbocycles. The zero-order valence-corrected chi connectivity index (χ0v) is 10.8.